The first kappa shape index (κ1) is 18.4. The van der Waals surface area contributed by atoms with Crippen molar-refractivity contribution in [1.82, 2.24) is 0 Å². The first-order valence-electron chi connectivity index (χ1n) is 10.0. The average molecular weight is 438 g/mol. The molecule has 1 N–H and O–H groups in total. The molecule has 0 bridgehead atoms. The van der Waals surface area contributed by atoms with Gasteiger partial charge in [-0.25, -0.2) is 0 Å². The van der Waals surface area contributed by atoms with Gasteiger partial charge in [-0.15, -0.1) is 11.3 Å². The van der Waals surface area contributed by atoms with Gasteiger partial charge in [0.2, 0.25) is 0 Å². The van der Waals surface area contributed by atoms with Crippen molar-refractivity contribution in [1.29, 1.82) is 0 Å². The summed E-state index contributed by atoms with van der Waals surface area (Å²) in [5.41, 5.74) is 0.757. The third-order valence-corrected chi connectivity index (χ3v) is 7.38. The highest BCUT2D eigenvalue weighted by Crippen LogP contribution is 2.40. The second kappa shape index (κ2) is 7.09. The van der Waals surface area contributed by atoms with E-state index in [9.17, 15) is 4.79 Å². The number of thiophene rings is 1. The van der Waals surface area contributed by atoms with Gasteiger partial charge in [0.15, 0.2) is 0 Å². The predicted octanol–water partition coefficient (Wildman–Crippen LogP) is 8.27. The molecule has 0 spiro atoms. The second-order valence-corrected chi connectivity index (χ2v) is 9.01. The molecule has 0 fully saturated rings. The normalized spacial score (nSPS) is 11.5. The lowest BCUT2D eigenvalue weighted by atomic mass is 10.0. The molecule has 0 aliphatic rings. The summed E-state index contributed by atoms with van der Waals surface area (Å²) in [5, 5.41) is 11.3. The number of hydrogen-bond acceptors (Lipinski definition) is 2. The lowest BCUT2D eigenvalue weighted by Gasteiger charge is -2.08. The SMILES string of the molecule is O=C(Nc1ccc2ccc3ccccc3c2c1)c1sc2ccc3ccccc3c2c1Cl. The molecule has 1 aromatic heterocycles. The van der Waals surface area contributed by atoms with Crippen molar-refractivity contribution in [3.05, 3.63) is 101 Å². The number of hydrogen-bond donors (Lipinski definition) is 1. The Morgan fingerprint density at radius 2 is 1.32 bits per heavy atom. The molecule has 0 unspecified atom stereocenters. The first-order chi connectivity index (χ1) is 15.2. The van der Waals surface area contributed by atoms with Gasteiger partial charge in [0.1, 0.15) is 4.88 Å². The lowest BCUT2D eigenvalue weighted by molar-refractivity contribution is 0.103. The summed E-state index contributed by atoms with van der Waals surface area (Å²) in [6, 6.07) is 30.7. The minimum Gasteiger partial charge on any atom is -0.321 e. The predicted molar refractivity (Wildman–Crippen MR) is 134 cm³/mol. The Balaban J connectivity index is 1.43. The number of amides is 1. The molecule has 1 heterocycles. The van der Waals surface area contributed by atoms with Crippen LogP contribution in [0.5, 0.6) is 0 Å². The first-order valence-corrected chi connectivity index (χ1v) is 11.2. The zero-order chi connectivity index (χ0) is 20.9. The molecule has 2 nitrogen and oxygen atoms in total. The molecular weight excluding hydrogens is 422 g/mol. The smallest absolute Gasteiger partial charge is 0.267 e. The monoisotopic (exact) mass is 437 g/mol. The number of carbonyl (C=O) groups excluding carboxylic acids is 1. The maximum Gasteiger partial charge on any atom is 0.267 e. The summed E-state index contributed by atoms with van der Waals surface area (Å²) in [6.45, 7) is 0. The third-order valence-electron chi connectivity index (χ3n) is 5.73. The van der Waals surface area contributed by atoms with Crippen LogP contribution < -0.4 is 5.32 Å². The van der Waals surface area contributed by atoms with Gasteiger partial charge >= 0.3 is 0 Å². The molecule has 31 heavy (non-hydrogen) atoms. The Labute approximate surface area is 187 Å². The number of rotatable bonds is 2. The number of benzene rings is 5. The van der Waals surface area contributed by atoms with Crippen molar-refractivity contribution < 1.29 is 4.79 Å². The minimum atomic E-state index is -0.185. The van der Waals surface area contributed by atoms with E-state index < -0.39 is 0 Å². The van der Waals surface area contributed by atoms with E-state index in [-0.39, 0.29) is 5.91 Å². The highest BCUT2D eigenvalue weighted by molar-refractivity contribution is 7.22. The van der Waals surface area contributed by atoms with Crippen LogP contribution in [-0.4, -0.2) is 5.91 Å². The Morgan fingerprint density at radius 1 is 0.710 bits per heavy atom. The van der Waals surface area contributed by atoms with E-state index >= 15 is 0 Å². The van der Waals surface area contributed by atoms with Crippen molar-refractivity contribution >= 4 is 76.9 Å². The number of fused-ring (bicyclic) bond motifs is 6. The Kier molecular flexibility index (Phi) is 4.20. The molecule has 0 atom stereocenters. The van der Waals surface area contributed by atoms with Crippen molar-refractivity contribution in [3.8, 4) is 0 Å². The summed E-state index contributed by atoms with van der Waals surface area (Å²) in [4.78, 5) is 13.7. The average Bonchev–Trinajstić information content (AvgIpc) is 3.16. The number of anilines is 1. The molecule has 0 aliphatic carbocycles. The van der Waals surface area contributed by atoms with Gasteiger partial charge in [-0.3, -0.25) is 4.79 Å². The number of halogens is 1. The van der Waals surface area contributed by atoms with Crippen LogP contribution in [0.4, 0.5) is 5.69 Å². The van der Waals surface area contributed by atoms with Gasteiger partial charge in [-0.05, 0) is 50.5 Å². The maximum atomic E-state index is 13.2. The minimum absolute atomic E-state index is 0.185. The van der Waals surface area contributed by atoms with Gasteiger partial charge in [0.25, 0.3) is 5.91 Å². The van der Waals surface area contributed by atoms with E-state index in [0.29, 0.717) is 9.90 Å². The molecule has 0 aliphatic heterocycles. The van der Waals surface area contributed by atoms with Crippen LogP contribution in [-0.2, 0) is 0 Å². The van der Waals surface area contributed by atoms with E-state index in [0.717, 1.165) is 37.3 Å². The molecule has 6 aromatic rings. The highest BCUT2D eigenvalue weighted by atomic mass is 35.5. The van der Waals surface area contributed by atoms with Crippen molar-refractivity contribution in [3.63, 3.8) is 0 Å². The van der Waals surface area contributed by atoms with Crippen LogP contribution >= 0.6 is 22.9 Å². The molecule has 5 aromatic carbocycles. The van der Waals surface area contributed by atoms with Crippen LogP contribution in [0.1, 0.15) is 9.67 Å². The van der Waals surface area contributed by atoms with Crippen LogP contribution in [0, 0.1) is 0 Å². The van der Waals surface area contributed by atoms with Crippen LogP contribution in [0.2, 0.25) is 5.02 Å². The fraction of sp³-hybridized carbons (Fsp3) is 0. The zero-order valence-corrected chi connectivity index (χ0v) is 17.9. The molecule has 0 saturated carbocycles. The highest BCUT2D eigenvalue weighted by Gasteiger charge is 2.19. The molecule has 6 rings (SSSR count). The van der Waals surface area contributed by atoms with Gasteiger partial charge in [-0.2, -0.15) is 0 Å². The Hall–Kier alpha value is -3.40. The Bertz CT molecular complexity index is 1650. The summed E-state index contributed by atoms with van der Waals surface area (Å²) < 4.78 is 1.01. The van der Waals surface area contributed by atoms with E-state index in [1.807, 2.05) is 54.6 Å². The fourth-order valence-corrected chi connectivity index (χ4v) is 5.71. The molecule has 4 heteroatoms. The van der Waals surface area contributed by atoms with Gasteiger partial charge in [0, 0.05) is 15.8 Å². The lowest BCUT2D eigenvalue weighted by Crippen LogP contribution is -2.10. The summed E-state index contributed by atoms with van der Waals surface area (Å²) >= 11 is 8.15. The molecule has 0 saturated heterocycles. The molecular formula is C27H16ClNOS. The fourth-order valence-electron chi connectivity index (χ4n) is 4.24. The van der Waals surface area contributed by atoms with Crippen molar-refractivity contribution in [2.45, 2.75) is 0 Å². The summed E-state index contributed by atoms with van der Waals surface area (Å²) in [7, 11) is 0. The third kappa shape index (κ3) is 2.97. The van der Waals surface area contributed by atoms with E-state index in [1.165, 1.54) is 22.1 Å². The summed E-state index contributed by atoms with van der Waals surface area (Å²) in [6.07, 6.45) is 0. The number of carbonyl (C=O) groups is 1. The molecule has 148 valence electrons. The van der Waals surface area contributed by atoms with Gasteiger partial charge in [0.05, 0.1) is 5.02 Å². The maximum absolute atomic E-state index is 13.2. The topological polar surface area (TPSA) is 29.1 Å². The van der Waals surface area contributed by atoms with Crippen molar-refractivity contribution in [2.24, 2.45) is 0 Å². The second-order valence-electron chi connectivity index (χ2n) is 7.58. The van der Waals surface area contributed by atoms with Crippen LogP contribution in [0.15, 0.2) is 91.0 Å². The Morgan fingerprint density at radius 3 is 2.13 bits per heavy atom. The van der Waals surface area contributed by atoms with E-state index in [2.05, 4.69) is 41.7 Å². The van der Waals surface area contributed by atoms with Crippen molar-refractivity contribution in [2.75, 3.05) is 5.32 Å². The standard InChI is InChI=1S/C27H16ClNOS/c28-25-24-21-8-4-2-6-17(21)12-14-23(24)31-26(25)27(30)29-19-13-11-18-10-9-16-5-1-3-7-20(16)22(18)15-19/h1-15H,(H,29,30). The number of nitrogens with one attached hydrogen (secondary N) is 1. The van der Waals surface area contributed by atoms with E-state index in [1.54, 1.807) is 0 Å². The quantitative estimate of drug-likeness (QED) is 0.271. The van der Waals surface area contributed by atoms with Crippen LogP contribution in [0.25, 0.3) is 42.4 Å². The van der Waals surface area contributed by atoms with E-state index in [4.69, 9.17) is 11.6 Å². The van der Waals surface area contributed by atoms with Gasteiger partial charge in [-0.1, -0.05) is 84.4 Å². The summed E-state index contributed by atoms with van der Waals surface area (Å²) in [5.74, 6) is -0.185. The molecule has 0 radical (unpaired) electrons. The van der Waals surface area contributed by atoms with Crippen LogP contribution in [0.3, 0.4) is 0 Å². The largest absolute Gasteiger partial charge is 0.321 e. The van der Waals surface area contributed by atoms with Gasteiger partial charge < -0.3 is 5.32 Å². The zero-order valence-electron chi connectivity index (χ0n) is 16.4. The molecule has 1 amide bonds.